The molecule has 1 aromatic rings. The van der Waals surface area contributed by atoms with Crippen molar-refractivity contribution in [3.63, 3.8) is 0 Å². The lowest BCUT2D eigenvalue weighted by atomic mass is 10.1. The summed E-state index contributed by atoms with van der Waals surface area (Å²) in [6, 6.07) is 4.90. The fourth-order valence-electron chi connectivity index (χ4n) is 2.84. The lowest BCUT2D eigenvalue weighted by Crippen LogP contribution is -2.25. The van der Waals surface area contributed by atoms with Crippen LogP contribution in [0.5, 0.6) is 0 Å². The molecular formula is C14H21N3. The highest BCUT2D eigenvalue weighted by Crippen LogP contribution is 2.31. The van der Waals surface area contributed by atoms with Gasteiger partial charge in [-0.3, -0.25) is 9.88 Å². The number of likely N-dealkylation sites (tertiary alicyclic amines) is 1. The molecule has 2 saturated heterocycles. The van der Waals surface area contributed by atoms with Crippen LogP contribution < -0.4 is 0 Å². The van der Waals surface area contributed by atoms with Gasteiger partial charge in [0.25, 0.3) is 0 Å². The molecule has 92 valence electrons. The predicted octanol–water partition coefficient (Wildman–Crippen LogP) is 1.92. The molecule has 0 bridgehead atoms. The Morgan fingerprint density at radius 3 is 2.94 bits per heavy atom. The van der Waals surface area contributed by atoms with Crippen LogP contribution in [0.1, 0.15) is 30.9 Å². The highest BCUT2D eigenvalue weighted by Gasteiger charge is 2.26. The molecule has 3 heterocycles. The third kappa shape index (κ3) is 2.85. The van der Waals surface area contributed by atoms with Crippen LogP contribution in [0.4, 0.5) is 0 Å². The van der Waals surface area contributed by atoms with Crippen molar-refractivity contribution >= 4 is 0 Å². The molecule has 3 rings (SSSR count). The van der Waals surface area contributed by atoms with Crippen molar-refractivity contribution in [3.8, 4) is 0 Å². The first-order chi connectivity index (χ1) is 8.43. The van der Waals surface area contributed by atoms with Crippen molar-refractivity contribution < 1.29 is 0 Å². The second-order valence-corrected chi connectivity index (χ2v) is 5.18. The summed E-state index contributed by atoms with van der Waals surface area (Å²) in [5, 5.41) is 0. The minimum absolute atomic E-state index is 0.623. The fraction of sp³-hybridized carbons (Fsp3) is 0.643. The molecule has 1 aromatic heterocycles. The van der Waals surface area contributed by atoms with Gasteiger partial charge in [-0.2, -0.15) is 0 Å². The molecule has 17 heavy (non-hydrogen) atoms. The molecule has 0 N–H and O–H groups in total. The molecule has 0 amide bonds. The van der Waals surface area contributed by atoms with Gasteiger partial charge < -0.3 is 4.90 Å². The summed E-state index contributed by atoms with van der Waals surface area (Å²) in [5.74, 6) is 0. The highest BCUT2D eigenvalue weighted by atomic mass is 15.3. The van der Waals surface area contributed by atoms with Gasteiger partial charge in [-0.05, 0) is 50.5 Å². The Labute approximate surface area is 103 Å². The molecule has 2 aliphatic heterocycles. The molecule has 1 atom stereocenters. The number of rotatable bonds is 5. The molecular weight excluding hydrogens is 210 g/mol. The minimum Gasteiger partial charge on any atom is -0.301 e. The molecule has 1 unspecified atom stereocenters. The number of nitrogens with zero attached hydrogens (tertiary/aromatic N) is 3. The van der Waals surface area contributed by atoms with E-state index >= 15 is 0 Å². The maximum absolute atomic E-state index is 4.25. The highest BCUT2D eigenvalue weighted by molar-refractivity contribution is 5.15. The van der Waals surface area contributed by atoms with Gasteiger partial charge >= 0.3 is 0 Å². The Kier molecular flexibility index (Phi) is 3.39. The zero-order valence-corrected chi connectivity index (χ0v) is 10.4. The van der Waals surface area contributed by atoms with Crippen molar-refractivity contribution in [2.45, 2.75) is 25.3 Å². The van der Waals surface area contributed by atoms with E-state index in [1.54, 1.807) is 0 Å². The van der Waals surface area contributed by atoms with E-state index in [9.17, 15) is 0 Å². The summed E-state index contributed by atoms with van der Waals surface area (Å²) in [4.78, 5) is 9.40. The zero-order chi connectivity index (χ0) is 11.5. The van der Waals surface area contributed by atoms with Crippen LogP contribution in [0.3, 0.4) is 0 Å². The third-order valence-corrected chi connectivity index (χ3v) is 3.89. The van der Waals surface area contributed by atoms with Gasteiger partial charge in [-0.1, -0.05) is 6.07 Å². The van der Waals surface area contributed by atoms with E-state index in [-0.39, 0.29) is 0 Å². The lowest BCUT2D eigenvalue weighted by molar-refractivity contribution is 0.248. The van der Waals surface area contributed by atoms with Gasteiger partial charge in [0.05, 0.1) is 0 Å². The van der Waals surface area contributed by atoms with E-state index < -0.39 is 0 Å². The van der Waals surface area contributed by atoms with Crippen LogP contribution in [0.15, 0.2) is 24.5 Å². The summed E-state index contributed by atoms with van der Waals surface area (Å²) >= 11 is 0. The summed E-state index contributed by atoms with van der Waals surface area (Å²) in [5.41, 5.74) is 1.40. The van der Waals surface area contributed by atoms with Crippen LogP contribution in [0.25, 0.3) is 0 Å². The number of aromatic nitrogens is 1. The smallest absolute Gasteiger partial charge is 0.0363 e. The van der Waals surface area contributed by atoms with Crippen molar-refractivity contribution in [1.29, 1.82) is 0 Å². The van der Waals surface area contributed by atoms with Crippen molar-refractivity contribution in [1.82, 2.24) is 14.8 Å². The quantitative estimate of drug-likeness (QED) is 0.722. The Morgan fingerprint density at radius 1 is 1.24 bits per heavy atom. The van der Waals surface area contributed by atoms with E-state index in [1.807, 2.05) is 12.4 Å². The van der Waals surface area contributed by atoms with Crippen molar-refractivity contribution in [2.24, 2.45) is 0 Å². The average Bonchev–Trinajstić information content (AvgIpc) is 3.07. The van der Waals surface area contributed by atoms with E-state index in [2.05, 4.69) is 26.9 Å². The maximum Gasteiger partial charge on any atom is 0.0363 e. The summed E-state index contributed by atoms with van der Waals surface area (Å²) in [6.07, 6.45) is 7.85. The minimum atomic E-state index is 0.623. The Bertz CT molecular complexity index is 348. The van der Waals surface area contributed by atoms with Crippen LogP contribution in [-0.4, -0.2) is 47.5 Å². The van der Waals surface area contributed by atoms with Crippen LogP contribution in [-0.2, 0) is 0 Å². The summed E-state index contributed by atoms with van der Waals surface area (Å²) in [6.45, 7) is 6.45. The first-order valence-corrected chi connectivity index (χ1v) is 6.80. The second kappa shape index (κ2) is 5.15. The van der Waals surface area contributed by atoms with Gasteiger partial charge in [-0.25, -0.2) is 0 Å². The van der Waals surface area contributed by atoms with Gasteiger partial charge in [0, 0.05) is 31.5 Å². The largest absolute Gasteiger partial charge is 0.301 e. The average molecular weight is 231 g/mol. The first-order valence-electron chi connectivity index (χ1n) is 6.80. The zero-order valence-electron chi connectivity index (χ0n) is 10.4. The fourth-order valence-corrected chi connectivity index (χ4v) is 2.84. The monoisotopic (exact) mass is 231 g/mol. The molecule has 0 radical (unpaired) electrons. The van der Waals surface area contributed by atoms with Crippen molar-refractivity contribution in [3.05, 3.63) is 30.1 Å². The summed E-state index contributed by atoms with van der Waals surface area (Å²) < 4.78 is 0. The number of pyridine rings is 1. The molecule has 2 aliphatic rings. The summed E-state index contributed by atoms with van der Waals surface area (Å²) in [7, 11) is 0. The molecule has 0 saturated carbocycles. The molecule has 2 fully saturated rings. The Balaban J connectivity index is 1.55. The topological polar surface area (TPSA) is 19.1 Å². The predicted molar refractivity (Wildman–Crippen MR) is 68.8 cm³/mol. The van der Waals surface area contributed by atoms with Gasteiger partial charge in [-0.15, -0.1) is 0 Å². The molecule has 3 nitrogen and oxygen atoms in total. The van der Waals surface area contributed by atoms with Crippen LogP contribution in [0, 0.1) is 0 Å². The molecule has 0 aromatic carbocycles. The van der Waals surface area contributed by atoms with Crippen LogP contribution in [0.2, 0.25) is 0 Å². The first kappa shape index (κ1) is 11.2. The SMILES string of the molecule is c1cncc(C2CCCN2CCCN2CC2)c1. The third-order valence-electron chi connectivity index (χ3n) is 3.89. The van der Waals surface area contributed by atoms with E-state index in [0.717, 1.165) is 0 Å². The second-order valence-electron chi connectivity index (χ2n) is 5.18. The number of hydrogen-bond donors (Lipinski definition) is 0. The molecule has 0 spiro atoms. The van der Waals surface area contributed by atoms with Crippen molar-refractivity contribution in [2.75, 3.05) is 32.7 Å². The molecule has 3 heteroatoms. The Morgan fingerprint density at radius 2 is 2.18 bits per heavy atom. The lowest BCUT2D eigenvalue weighted by Gasteiger charge is -2.24. The Hall–Kier alpha value is -0.930. The van der Waals surface area contributed by atoms with E-state index in [0.29, 0.717) is 6.04 Å². The maximum atomic E-state index is 4.25. The van der Waals surface area contributed by atoms with Gasteiger partial charge in [0.2, 0.25) is 0 Å². The van der Waals surface area contributed by atoms with Gasteiger partial charge in [0.15, 0.2) is 0 Å². The van der Waals surface area contributed by atoms with Gasteiger partial charge in [0.1, 0.15) is 0 Å². The van der Waals surface area contributed by atoms with Crippen LogP contribution >= 0.6 is 0 Å². The van der Waals surface area contributed by atoms with E-state index in [1.165, 1.54) is 57.5 Å². The normalized spacial score (nSPS) is 25.3. The van der Waals surface area contributed by atoms with E-state index in [4.69, 9.17) is 0 Å². The number of hydrogen-bond acceptors (Lipinski definition) is 3. The molecule has 0 aliphatic carbocycles. The standard InChI is InChI=1S/C14H21N3/c1-4-13(12-15-6-1)14-5-2-8-17(14)9-3-7-16-10-11-16/h1,4,6,12,14H,2-3,5,7-11H2.